The van der Waals surface area contributed by atoms with E-state index in [-0.39, 0.29) is 28.7 Å². The molecule has 0 saturated heterocycles. The third-order valence-electron chi connectivity index (χ3n) is 4.07. The van der Waals surface area contributed by atoms with Gasteiger partial charge in [-0.15, -0.1) is 15.3 Å². The van der Waals surface area contributed by atoms with Gasteiger partial charge in [0, 0.05) is 17.3 Å². The normalized spacial score (nSPS) is 11.2. The number of aldehydes is 1. The lowest BCUT2D eigenvalue weighted by Gasteiger charge is -2.03. The lowest BCUT2D eigenvalue weighted by atomic mass is 10.1. The molecule has 0 N–H and O–H groups in total. The minimum absolute atomic E-state index is 0.0363. The Labute approximate surface area is 171 Å². The molecule has 8 nitrogen and oxygen atoms in total. The number of halogens is 4. The van der Waals surface area contributed by atoms with Gasteiger partial charge in [0.05, 0.1) is 29.0 Å². The van der Waals surface area contributed by atoms with Crippen molar-refractivity contribution in [3.63, 3.8) is 0 Å². The highest BCUT2D eigenvalue weighted by Gasteiger charge is 2.18. The molecule has 0 bridgehead atoms. The molecular formula is C18H10ClF3N6O2. The van der Waals surface area contributed by atoms with Gasteiger partial charge in [-0.1, -0.05) is 22.9 Å². The van der Waals surface area contributed by atoms with Crippen molar-refractivity contribution in [2.75, 3.05) is 0 Å². The lowest BCUT2D eigenvalue weighted by Crippen LogP contribution is -2.05. The largest absolute Gasteiger partial charge is 0.415 e. The molecular weight excluding hydrogens is 425 g/mol. The van der Waals surface area contributed by atoms with Crippen LogP contribution < -0.4 is 0 Å². The second kappa shape index (κ2) is 8.03. The number of aromatic nitrogens is 6. The maximum absolute atomic E-state index is 14.4. The molecule has 3 heterocycles. The minimum Gasteiger partial charge on any atom is -0.415 e. The number of alkyl halides is 2. The van der Waals surface area contributed by atoms with Gasteiger partial charge in [-0.3, -0.25) is 9.78 Å². The molecule has 0 amide bonds. The van der Waals surface area contributed by atoms with Gasteiger partial charge in [-0.25, -0.2) is 9.07 Å². The number of nitrogens with zero attached hydrogens (tertiary/aromatic N) is 6. The summed E-state index contributed by atoms with van der Waals surface area (Å²) in [6, 6.07) is 5.85. The number of carbonyl (C=O) groups is 1. The number of benzene rings is 1. The zero-order valence-corrected chi connectivity index (χ0v) is 15.6. The molecule has 0 atom stereocenters. The third kappa shape index (κ3) is 3.92. The van der Waals surface area contributed by atoms with Crippen molar-refractivity contribution in [1.29, 1.82) is 0 Å². The molecule has 1 aromatic carbocycles. The van der Waals surface area contributed by atoms with Crippen molar-refractivity contribution in [2.45, 2.75) is 13.0 Å². The molecule has 3 aromatic heterocycles. The van der Waals surface area contributed by atoms with E-state index >= 15 is 0 Å². The molecule has 0 aliphatic heterocycles. The average molecular weight is 435 g/mol. The monoisotopic (exact) mass is 434 g/mol. The Morgan fingerprint density at radius 1 is 1.17 bits per heavy atom. The van der Waals surface area contributed by atoms with Crippen LogP contribution >= 0.6 is 11.6 Å². The van der Waals surface area contributed by atoms with Gasteiger partial charge in [-0.2, -0.15) is 8.78 Å². The molecule has 0 saturated carbocycles. The lowest BCUT2D eigenvalue weighted by molar-refractivity contribution is 0.112. The summed E-state index contributed by atoms with van der Waals surface area (Å²) in [7, 11) is 0. The van der Waals surface area contributed by atoms with Crippen molar-refractivity contribution in [2.24, 2.45) is 0 Å². The molecule has 30 heavy (non-hydrogen) atoms. The van der Waals surface area contributed by atoms with Crippen LogP contribution in [0.15, 0.2) is 41.1 Å². The van der Waals surface area contributed by atoms with E-state index in [0.29, 0.717) is 23.1 Å². The first-order valence-corrected chi connectivity index (χ1v) is 8.74. The Morgan fingerprint density at radius 2 is 2.00 bits per heavy atom. The van der Waals surface area contributed by atoms with E-state index in [1.165, 1.54) is 10.9 Å². The van der Waals surface area contributed by atoms with Crippen LogP contribution in [0.4, 0.5) is 13.2 Å². The standard InChI is InChI=1S/C18H10ClF3N6O2/c19-12-3-9(1-2-10(12)8-29)14-6-28(27-24-14)7-15-13(20)4-11(5-23-15)17-25-26-18(30-17)16(21)22/h1-6,8,16H,7H2. The van der Waals surface area contributed by atoms with Crippen molar-refractivity contribution >= 4 is 17.9 Å². The summed E-state index contributed by atoms with van der Waals surface area (Å²) in [6.07, 6.45) is 0.517. The van der Waals surface area contributed by atoms with E-state index in [1.807, 2.05) is 0 Å². The number of rotatable bonds is 6. The second-order valence-electron chi connectivity index (χ2n) is 6.05. The predicted molar refractivity (Wildman–Crippen MR) is 97.4 cm³/mol. The van der Waals surface area contributed by atoms with E-state index in [2.05, 4.69) is 25.5 Å². The molecule has 0 aliphatic rings. The number of carbonyl (C=O) groups excluding carboxylic acids is 1. The summed E-state index contributed by atoms with van der Waals surface area (Å²) in [5.41, 5.74) is 1.56. The first kappa shape index (κ1) is 19.7. The highest BCUT2D eigenvalue weighted by molar-refractivity contribution is 6.33. The van der Waals surface area contributed by atoms with Crippen molar-refractivity contribution in [3.05, 3.63) is 64.6 Å². The van der Waals surface area contributed by atoms with E-state index in [9.17, 15) is 18.0 Å². The summed E-state index contributed by atoms with van der Waals surface area (Å²) in [5.74, 6) is -1.83. The van der Waals surface area contributed by atoms with E-state index in [0.717, 1.165) is 6.07 Å². The highest BCUT2D eigenvalue weighted by Crippen LogP contribution is 2.25. The van der Waals surface area contributed by atoms with Crippen LogP contribution in [0.5, 0.6) is 0 Å². The van der Waals surface area contributed by atoms with Gasteiger partial charge in [0.25, 0.3) is 5.89 Å². The Morgan fingerprint density at radius 3 is 2.67 bits per heavy atom. The van der Waals surface area contributed by atoms with Gasteiger partial charge < -0.3 is 4.42 Å². The van der Waals surface area contributed by atoms with E-state index in [1.54, 1.807) is 24.4 Å². The van der Waals surface area contributed by atoms with Crippen LogP contribution in [0.25, 0.3) is 22.7 Å². The number of pyridine rings is 1. The molecule has 0 aliphatic carbocycles. The molecule has 0 fully saturated rings. The van der Waals surface area contributed by atoms with Crippen LogP contribution in [0.2, 0.25) is 5.02 Å². The fraction of sp³-hybridized carbons (Fsp3) is 0.111. The number of hydrogen-bond acceptors (Lipinski definition) is 7. The van der Waals surface area contributed by atoms with Crippen LogP contribution in [0.3, 0.4) is 0 Å². The molecule has 4 aromatic rings. The summed E-state index contributed by atoms with van der Waals surface area (Å²) >= 11 is 6.02. The summed E-state index contributed by atoms with van der Waals surface area (Å²) in [5, 5.41) is 14.9. The Bertz CT molecular complexity index is 1230. The van der Waals surface area contributed by atoms with Crippen molar-refractivity contribution < 1.29 is 22.4 Å². The summed E-state index contributed by atoms with van der Waals surface area (Å²) < 4.78 is 45.7. The predicted octanol–water partition coefficient (Wildman–Crippen LogP) is 3.98. The van der Waals surface area contributed by atoms with Gasteiger partial charge in [0.15, 0.2) is 6.29 Å². The zero-order valence-electron chi connectivity index (χ0n) is 14.8. The zero-order chi connectivity index (χ0) is 21.3. The first-order valence-electron chi connectivity index (χ1n) is 8.36. The first-order chi connectivity index (χ1) is 14.4. The smallest absolute Gasteiger partial charge is 0.314 e. The summed E-state index contributed by atoms with van der Waals surface area (Å²) in [4.78, 5) is 14.8. The maximum atomic E-state index is 14.4. The van der Waals surface area contributed by atoms with E-state index < -0.39 is 18.1 Å². The molecule has 0 spiro atoms. The van der Waals surface area contributed by atoms with Crippen LogP contribution in [0, 0.1) is 5.82 Å². The Balaban J connectivity index is 1.53. The van der Waals surface area contributed by atoms with Crippen molar-refractivity contribution in [3.8, 4) is 22.7 Å². The Kier molecular flexibility index (Phi) is 5.27. The molecule has 4 rings (SSSR count). The third-order valence-corrected chi connectivity index (χ3v) is 4.39. The second-order valence-corrected chi connectivity index (χ2v) is 6.46. The van der Waals surface area contributed by atoms with E-state index in [4.69, 9.17) is 16.0 Å². The molecule has 152 valence electrons. The average Bonchev–Trinajstić information content (AvgIpc) is 3.39. The van der Waals surface area contributed by atoms with Gasteiger partial charge in [0.2, 0.25) is 5.89 Å². The summed E-state index contributed by atoms with van der Waals surface area (Å²) in [6.45, 7) is -0.0363. The van der Waals surface area contributed by atoms with Crippen molar-refractivity contribution in [1.82, 2.24) is 30.2 Å². The molecule has 0 unspecified atom stereocenters. The van der Waals surface area contributed by atoms with Crippen LogP contribution in [-0.4, -0.2) is 36.5 Å². The Hall–Kier alpha value is -3.60. The maximum Gasteiger partial charge on any atom is 0.314 e. The van der Waals surface area contributed by atoms with Gasteiger partial charge in [-0.05, 0) is 18.2 Å². The highest BCUT2D eigenvalue weighted by atomic mass is 35.5. The SMILES string of the molecule is O=Cc1ccc(-c2cn(Cc3ncc(-c4nnc(C(F)F)o4)cc3F)nn2)cc1Cl. The number of hydrogen-bond donors (Lipinski definition) is 0. The van der Waals surface area contributed by atoms with Gasteiger partial charge in [0.1, 0.15) is 11.5 Å². The molecule has 12 heteroatoms. The quantitative estimate of drug-likeness (QED) is 0.423. The minimum atomic E-state index is -2.92. The topological polar surface area (TPSA) is 99.6 Å². The fourth-order valence-corrected chi connectivity index (χ4v) is 2.81. The van der Waals surface area contributed by atoms with Crippen LogP contribution in [-0.2, 0) is 6.54 Å². The fourth-order valence-electron chi connectivity index (χ4n) is 2.58. The molecule has 0 radical (unpaired) electrons. The van der Waals surface area contributed by atoms with Crippen LogP contribution in [0.1, 0.15) is 28.4 Å². The van der Waals surface area contributed by atoms with Gasteiger partial charge >= 0.3 is 6.43 Å².